The van der Waals surface area contributed by atoms with Gasteiger partial charge in [0, 0.05) is 25.0 Å². The summed E-state index contributed by atoms with van der Waals surface area (Å²) < 4.78 is 0. The fourth-order valence-corrected chi connectivity index (χ4v) is 0.849. The summed E-state index contributed by atoms with van der Waals surface area (Å²) in [4.78, 5) is 8.01. The Kier molecular flexibility index (Phi) is 2.55. The van der Waals surface area contributed by atoms with Gasteiger partial charge in [0.2, 0.25) is 0 Å². The first kappa shape index (κ1) is 7.66. The smallest absolute Gasteiger partial charge is 0.0711 e. The Morgan fingerprint density at radius 3 is 3.09 bits per heavy atom. The predicted molar refractivity (Wildman–Crippen MR) is 47.8 cm³/mol. The van der Waals surface area contributed by atoms with Crippen LogP contribution in [0.1, 0.15) is 11.3 Å². The van der Waals surface area contributed by atoms with Crippen molar-refractivity contribution in [3.63, 3.8) is 0 Å². The van der Waals surface area contributed by atoms with Crippen LogP contribution >= 0.6 is 0 Å². The van der Waals surface area contributed by atoms with Crippen molar-refractivity contribution in [2.45, 2.75) is 0 Å². The third-order valence-electron chi connectivity index (χ3n) is 1.33. The largest absolute Gasteiger partial charge is 0.296 e. The molecule has 0 spiro atoms. The maximum Gasteiger partial charge on any atom is 0.0711 e. The lowest BCUT2D eigenvalue weighted by Gasteiger charge is -1.95. The average Bonchev–Trinajstić information content (AvgIpc) is 2.06. The SMILES string of the molecule is C=Cc1ncccc1C=NC. The van der Waals surface area contributed by atoms with Crippen LogP contribution < -0.4 is 0 Å². The Hall–Kier alpha value is -1.44. The molecule has 0 bridgehead atoms. The lowest BCUT2D eigenvalue weighted by Crippen LogP contribution is -1.88. The molecule has 1 heterocycles. The minimum atomic E-state index is 0.873. The van der Waals surface area contributed by atoms with Gasteiger partial charge in [-0.25, -0.2) is 0 Å². The molecule has 0 saturated carbocycles. The van der Waals surface area contributed by atoms with Crippen molar-refractivity contribution in [1.82, 2.24) is 4.98 Å². The molecule has 0 aliphatic carbocycles. The first-order valence-electron chi connectivity index (χ1n) is 3.38. The zero-order valence-electron chi connectivity index (χ0n) is 6.49. The molecule has 0 N–H and O–H groups in total. The second-order valence-corrected chi connectivity index (χ2v) is 2.07. The van der Waals surface area contributed by atoms with E-state index in [0.717, 1.165) is 11.3 Å². The maximum atomic E-state index is 4.11. The van der Waals surface area contributed by atoms with Crippen LogP contribution in [0.15, 0.2) is 29.9 Å². The number of aliphatic imine (C=N–C) groups is 1. The Morgan fingerprint density at radius 1 is 1.64 bits per heavy atom. The standard InChI is InChI=1S/C9H10N2/c1-3-9-8(7-10-2)5-4-6-11-9/h3-7H,1H2,2H3. The molecule has 2 nitrogen and oxygen atoms in total. The molecular formula is C9H10N2. The first-order valence-corrected chi connectivity index (χ1v) is 3.38. The van der Waals surface area contributed by atoms with Gasteiger partial charge < -0.3 is 0 Å². The molecule has 0 saturated heterocycles. The quantitative estimate of drug-likeness (QED) is 0.584. The van der Waals surface area contributed by atoms with E-state index in [0.29, 0.717) is 0 Å². The summed E-state index contributed by atoms with van der Waals surface area (Å²) in [5.41, 5.74) is 1.88. The molecule has 0 amide bonds. The van der Waals surface area contributed by atoms with E-state index >= 15 is 0 Å². The first-order chi connectivity index (χ1) is 5.38. The van der Waals surface area contributed by atoms with Gasteiger partial charge in [0.1, 0.15) is 0 Å². The summed E-state index contributed by atoms with van der Waals surface area (Å²) in [6.45, 7) is 3.65. The van der Waals surface area contributed by atoms with Crippen molar-refractivity contribution in [3.05, 3.63) is 36.2 Å². The van der Waals surface area contributed by atoms with Crippen molar-refractivity contribution >= 4 is 12.3 Å². The summed E-state index contributed by atoms with van der Waals surface area (Å²) in [5.74, 6) is 0. The number of nitrogens with zero attached hydrogens (tertiary/aromatic N) is 2. The highest BCUT2D eigenvalue weighted by atomic mass is 14.7. The van der Waals surface area contributed by atoms with Gasteiger partial charge in [0.25, 0.3) is 0 Å². The summed E-state index contributed by atoms with van der Waals surface area (Å²) >= 11 is 0. The van der Waals surface area contributed by atoms with E-state index in [4.69, 9.17) is 0 Å². The van der Waals surface area contributed by atoms with E-state index in [9.17, 15) is 0 Å². The molecule has 56 valence electrons. The van der Waals surface area contributed by atoms with E-state index in [1.165, 1.54) is 0 Å². The summed E-state index contributed by atoms with van der Waals surface area (Å²) in [6.07, 6.45) is 5.23. The molecule has 2 heteroatoms. The highest BCUT2D eigenvalue weighted by molar-refractivity contribution is 5.83. The number of pyridine rings is 1. The van der Waals surface area contributed by atoms with Gasteiger partial charge in [0.15, 0.2) is 0 Å². The van der Waals surface area contributed by atoms with Crippen LogP contribution in [0.3, 0.4) is 0 Å². The minimum Gasteiger partial charge on any atom is -0.296 e. The van der Waals surface area contributed by atoms with Gasteiger partial charge in [-0.1, -0.05) is 6.58 Å². The summed E-state index contributed by atoms with van der Waals surface area (Å²) in [7, 11) is 1.74. The van der Waals surface area contributed by atoms with Gasteiger partial charge >= 0.3 is 0 Å². The molecule has 0 aromatic carbocycles. The third kappa shape index (κ3) is 1.74. The van der Waals surface area contributed by atoms with Crippen LogP contribution in [0.25, 0.3) is 6.08 Å². The zero-order valence-corrected chi connectivity index (χ0v) is 6.49. The van der Waals surface area contributed by atoms with Gasteiger partial charge in [-0.3, -0.25) is 9.98 Å². The van der Waals surface area contributed by atoms with Crippen LogP contribution in [0.5, 0.6) is 0 Å². The maximum absolute atomic E-state index is 4.11. The van der Waals surface area contributed by atoms with Crippen molar-refractivity contribution in [2.24, 2.45) is 4.99 Å². The molecule has 0 unspecified atom stereocenters. The molecule has 1 aromatic rings. The molecule has 1 rings (SSSR count). The number of rotatable bonds is 2. The lowest BCUT2D eigenvalue weighted by molar-refractivity contribution is 1.28. The fraction of sp³-hybridized carbons (Fsp3) is 0.111. The number of hydrogen-bond acceptors (Lipinski definition) is 2. The van der Waals surface area contributed by atoms with Gasteiger partial charge in [-0.2, -0.15) is 0 Å². The molecule has 0 aliphatic heterocycles. The Balaban J connectivity index is 3.11. The summed E-state index contributed by atoms with van der Waals surface area (Å²) in [6, 6.07) is 3.83. The molecular weight excluding hydrogens is 136 g/mol. The molecule has 0 fully saturated rings. The van der Waals surface area contributed by atoms with Crippen molar-refractivity contribution in [2.75, 3.05) is 7.05 Å². The van der Waals surface area contributed by atoms with E-state index in [1.54, 1.807) is 25.5 Å². The van der Waals surface area contributed by atoms with E-state index in [2.05, 4.69) is 16.6 Å². The Bertz CT molecular complexity index is 277. The minimum absolute atomic E-state index is 0.873. The van der Waals surface area contributed by atoms with Crippen LogP contribution in [-0.4, -0.2) is 18.2 Å². The second kappa shape index (κ2) is 3.66. The highest BCUT2D eigenvalue weighted by Gasteiger charge is 1.93. The van der Waals surface area contributed by atoms with E-state index in [1.807, 2.05) is 12.1 Å². The van der Waals surface area contributed by atoms with Crippen molar-refractivity contribution in [1.29, 1.82) is 0 Å². The van der Waals surface area contributed by atoms with E-state index < -0.39 is 0 Å². The lowest BCUT2D eigenvalue weighted by atomic mass is 10.2. The average molecular weight is 146 g/mol. The molecule has 0 atom stereocenters. The zero-order chi connectivity index (χ0) is 8.10. The molecule has 0 radical (unpaired) electrons. The second-order valence-electron chi connectivity index (χ2n) is 2.07. The normalized spacial score (nSPS) is 10.3. The topological polar surface area (TPSA) is 25.2 Å². The predicted octanol–water partition coefficient (Wildman–Crippen LogP) is 1.77. The van der Waals surface area contributed by atoms with Gasteiger partial charge in [-0.05, 0) is 18.2 Å². The fourth-order valence-electron chi connectivity index (χ4n) is 0.849. The summed E-state index contributed by atoms with van der Waals surface area (Å²) in [5, 5.41) is 0. The van der Waals surface area contributed by atoms with Crippen molar-refractivity contribution in [3.8, 4) is 0 Å². The van der Waals surface area contributed by atoms with Crippen LogP contribution in [0.4, 0.5) is 0 Å². The van der Waals surface area contributed by atoms with Gasteiger partial charge in [0.05, 0.1) is 5.69 Å². The molecule has 0 aliphatic rings. The van der Waals surface area contributed by atoms with Crippen LogP contribution in [0, 0.1) is 0 Å². The monoisotopic (exact) mass is 146 g/mol. The molecule has 1 aromatic heterocycles. The number of hydrogen-bond donors (Lipinski definition) is 0. The Morgan fingerprint density at radius 2 is 2.45 bits per heavy atom. The van der Waals surface area contributed by atoms with Gasteiger partial charge in [-0.15, -0.1) is 0 Å². The van der Waals surface area contributed by atoms with Crippen molar-refractivity contribution < 1.29 is 0 Å². The molecule has 11 heavy (non-hydrogen) atoms. The third-order valence-corrected chi connectivity index (χ3v) is 1.33. The van der Waals surface area contributed by atoms with Crippen LogP contribution in [-0.2, 0) is 0 Å². The van der Waals surface area contributed by atoms with E-state index in [-0.39, 0.29) is 0 Å². The highest BCUT2D eigenvalue weighted by Crippen LogP contribution is 2.02. The Labute approximate surface area is 66.3 Å². The van der Waals surface area contributed by atoms with Crippen LogP contribution in [0.2, 0.25) is 0 Å². The number of aromatic nitrogens is 1.